The Morgan fingerprint density at radius 3 is 1.70 bits per heavy atom. The second-order valence-corrected chi connectivity index (χ2v) is 14.6. The molecule has 256 valence electrons. The van der Waals surface area contributed by atoms with Crippen LogP contribution in [-0.2, 0) is 18.4 Å². The molecule has 8 nitrogen and oxygen atoms in total. The van der Waals surface area contributed by atoms with Crippen LogP contribution in [0, 0.1) is 0 Å². The van der Waals surface area contributed by atoms with Gasteiger partial charge in [-0.15, -0.1) is 0 Å². The first-order valence-corrected chi connectivity index (χ1v) is 19.0. The molecule has 0 saturated carbocycles. The van der Waals surface area contributed by atoms with Crippen molar-refractivity contribution in [2.45, 2.75) is 161 Å². The van der Waals surface area contributed by atoms with Crippen molar-refractivity contribution in [2.24, 2.45) is 0 Å². The highest BCUT2D eigenvalue weighted by Crippen LogP contribution is 2.38. The van der Waals surface area contributed by atoms with E-state index in [1.807, 2.05) is 34.1 Å². The number of phosphoric ester groups is 1. The second-order valence-electron chi connectivity index (χ2n) is 13.2. The number of aliphatic hydroxyl groups is 1. The normalized spacial score (nSPS) is 15.0. The lowest BCUT2D eigenvalue weighted by Gasteiger charge is -2.29. The molecule has 0 radical (unpaired) electrons. The first-order chi connectivity index (χ1) is 20.5. The van der Waals surface area contributed by atoms with Crippen molar-refractivity contribution in [3.63, 3.8) is 0 Å². The van der Waals surface area contributed by atoms with Crippen LogP contribution in [0.4, 0.5) is 0 Å². The average Bonchev–Trinajstić information content (AvgIpc) is 2.93. The maximum Gasteiger partial charge on any atom is 0.268 e. The molecule has 2 N–H and O–H groups in total. The largest absolute Gasteiger partial charge is 0.756 e. The number of nitrogens with one attached hydrogen (secondary N) is 1. The van der Waals surface area contributed by atoms with E-state index in [0.717, 1.165) is 19.3 Å². The smallest absolute Gasteiger partial charge is 0.268 e. The summed E-state index contributed by atoms with van der Waals surface area (Å²) in [6.07, 6.45) is 28.4. The van der Waals surface area contributed by atoms with E-state index in [9.17, 15) is 19.4 Å². The second kappa shape index (κ2) is 27.5. The molecule has 0 aromatic carbocycles. The molecule has 0 saturated heterocycles. The first-order valence-electron chi connectivity index (χ1n) is 17.6. The number of likely N-dealkylation sites (N-methyl/N-ethyl adjacent to an activating group) is 1. The van der Waals surface area contributed by atoms with Crippen molar-refractivity contribution < 1.29 is 32.9 Å². The molecule has 3 atom stereocenters. The van der Waals surface area contributed by atoms with Crippen molar-refractivity contribution >= 4 is 13.7 Å². The Balaban J connectivity index is 4.03. The molecular formula is C34H69N2O6P. The summed E-state index contributed by atoms with van der Waals surface area (Å²) in [6.45, 7) is 4.27. The Morgan fingerprint density at radius 2 is 1.26 bits per heavy atom. The predicted molar refractivity (Wildman–Crippen MR) is 178 cm³/mol. The van der Waals surface area contributed by atoms with Crippen molar-refractivity contribution in [2.75, 3.05) is 40.9 Å². The molecule has 9 heteroatoms. The molecule has 0 rings (SSSR count). The van der Waals surface area contributed by atoms with Crippen LogP contribution in [0.2, 0.25) is 0 Å². The highest BCUT2D eigenvalue weighted by Gasteiger charge is 2.22. The molecule has 0 heterocycles. The summed E-state index contributed by atoms with van der Waals surface area (Å²) in [5, 5.41) is 13.3. The molecule has 43 heavy (non-hydrogen) atoms. The average molecular weight is 633 g/mol. The molecule has 0 bridgehead atoms. The topological polar surface area (TPSA) is 108 Å². The summed E-state index contributed by atoms with van der Waals surface area (Å²) in [7, 11) is 1.25. The van der Waals surface area contributed by atoms with Gasteiger partial charge < -0.3 is 28.8 Å². The van der Waals surface area contributed by atoms with Crippen LogP contribution in [0.15, 0.2) is 12.2 Å². The van der Waals surface area contributed by atoms with Gasteiger partial charge in [0.2, 0.25) is 5.91 Å². The van der Waals surface area contributed by atoms with Gasteiger partial charge in [-0.25, -0.2) is 0 Å². The van der Waals surface area contributed by atoms with Gasteiger partial charge in [-0.1, -0.05) is 135 Å². The molecule has 0 aliphatic heterocycles. The van der Waals surface area contributed by atoms with Crippen LogP contribution >= 0.6 is 7.82 Å². The maximum absolute atomic E-state index is 12.2. The fourth-order valence-electron chi connectivity index (χ4n) is 4.90. The van der Waals surface area contributed by atoms with Gasteiger partial charge in [0, 0.05) is 6.42 Å². The maximum atomic E-state index is 12.2. The van der Waals surface area contributed by atoms with Gasteiger partial charge in [0.05, 0.1) is 39.9 Å². The van der Waals surface area contributed by atoms with E-state index in [0.29, 0.717) is 23.9 Å². The summed E-state index contributed by atoms with van der Waals surface area (Å²) in [4.78, 5) is 24.3. The number of phosphoric acid groups is 1. The van der Waals surface area contributed by atoms with Crippen LogP contribution in [0.1, 0.15) is 149 Å². The molecular weight excluding hydrogens is 563 g/mol. The standard InChI is InChI=1S/C34H69N2O6P/c1-6-8-9-10-11-12-13-14-15-16-17-18-19-20-21-22-23-24-25-26-28-33(37)32(35-34(38)27-7-2)31-42-43(39,40)41-30-29-36(3,4)5/h26,28,32-33,37H,6-25,27,29-31H2,1-5H3,(H-,35,38,39,40)/b28-26+. The number of carbonyl (C=O) groups excluding carboxylic acids is 1. The molecule has 0 aliphatic rings. The van der Waals surface area contributed by atoms with Gasteiger partial charge >= 0.3 is 0 Å². The van der Waals surface area contributed by atoms with Crippen molar-refractivity contribution in [3.05, 3.63) is 12.2 Å². The molecule has 0 aliphatic carbocycles. The lowest BCUT2D eigenvalue weighted by atomic mass is 10.0. The highest BCUT2D eigenvalue weighted by molar-refractivity contribution is 7.45. The minimum atomic E-state index is -4.55. The Hall–Kier alpha value is -0.760. The number of amides is 1. The highest BCUT2D eigenvalue weighted by atomic mass is 31.2. The summed E-state index contributed by atoms with van der Waals surface area (Å²) in [5.41, 5.74) is 0. The zero-order valence-electron chi connectivity index (χ0n) is 28.7. The number of aliphatic hydroxyl groups excluding tert-OH is 1. The van der Waals surface area contributed by atoms with E-state index in [1.165, 1.54) is 103 Å². The van der Waals surface area contributed by atoms with Gasteiger partial charge in [-0.05, 0) is 19.3 Å². The van der Waals surface area contributed by atoms with Crippen LogP contribution in [0.25, 0.3) is 0 Å². The lowest BCUT2D eigenvalue weighted by Crippen LogP contribution is -2.45. The molecule has 0 spiro atoms. The first kappa shape index (κ1) is 42.2. The van der Waals surface area contributed by atoms with Crippen LogP contribution in [-0.4, -0.2) is 68.5 Å². The van der Waals surface area contributed by atoms with Crippen LogP contribution < -0.4 is 10.2 Å². The number of nitrogens with zero attached hydrogens (tertiary/aromatic N) is 1. The van der Waals surface area contributed by atoms with Crippen molar-refractivity contribution in [3.8, 4) is 0 Å². The third kappa shape index (κ3) is 29.7. The Labute approximate surface area is 265 Å². The Bertz CT molecular complexity index is 728. The molecule has 3 unspecified atom stereocenters. The monoisotopic (exact) mass is 632 g/mol. The third-order valence-corrected chi connectivity index (χ3v) is 8.68. The lowest BCUT2D eigenvalue weighted by molar-refractivity contribution is -0.870. The predicted octanol–water partition coefficient (Wildman–Crippen LogP) is 7.83. The van der Waals surface area contributed by atoms with Gasteiger partial charge in [-0.3, -0.25) is 9.36 Å². The van der Waals surface area contributed by atoms with E-state index in [4.69, 9.17) is 9.05 Å². The summed E-state index contributed by atoms with van der Waals surface area (Å²) in [6, 6.07) is -0.875. The summed E-state index contributed by atoms with van der Waals surface area (Å²) < 4.78 is 22.7. The van der Waals surface area contributed by atoms with Crippen LogP contribution in [0.3, 0.4) is 0 Å². The van der Waals surface area contributed by atoms with E-state index in [1.54, 1.807) is 6.08 Å². The molecule has 0 aromatic heterocycles. The van der Waals surface area contributed by atoms with Crippen molar-refractivity contribution in [1.82, 2.24) is 5.32 Å². The van der Waals surface area contributed by atoms with E-state index in [-0.39, 0.29) is 19.1 Å². The SMILES string of the molecule is CCCCCCCCCCCCCCCCCCCC/C=C/C(O)C(COP(=O)([O-])OCC[N+](C)(C)C)NC(=O)CCC. The number of carbonyl (C=O) groups is 1. The molecule has 1 amide bonds. The van der Waals surface area contributed by atoms with Crippen LogP contribution in [0.5, 0.6) is 0 Å². The summed E-state index contributed by atoms with van der Waals surface area (Å²) >= 11 is 0. The minimum Gasteiger partial charge on any atom is -0.756 e. The Morgan fingerprint density at radius 1 is 0.791 bits per heavy atom. The van der Waals surface area contributed by atoms with Gasteiger partial charge in [0.25, 0.3) is 7.82 Å². The summed E-state index contributed by atoms with van der Waals surface area (Å²) in [5.74, 6) is -0.251. The Kier molecular flexibility index (Phi) is 27.1. The number of allylic oxidation sites excluding steroid dienone is 1. The number of quaternary nitrogens is 1. The fraction of sp³-hybridized carbons (Fsp3) is 0.912. The zero-order valence-corrected chi connectivity index (χ0v) is 29.6. The number of unbranched alkanes of at least 4 members (excludes halogenated alkanes) is 18. The van der Waals surface area contributed by atoms with E-state index in [2.05, 4.69) is 12.2 Å². The zero-order chi connectivity index (χ0) is 32.2. The van der Waals surface area contributed by atoms with Gasteiger partial charge in [0.1, 0.15) is 13.2 Å². The quantitative estimate of drug-likeness (QED) is 0.0349. The van der Waals surface area contributed by atoms with E-state index < -0.39 is 20.0 Å². The number of hydrogen-bond donors (Lipinski definition) is 2. The molecule has 0 fully saturated rings. The van der Waals surface area contributed by atoms with Gasteiger partial charge in [-0.2, -0.15) is 0 Å². The number of hydrogen-bond acceptors (Lipinski definition) is 6. The minimum absolute atomic E-state index is 0.000997. The number of rotatable bonds is 31. The fourth-order valence-corrected chi connectivity index (χ4v) is 5.62. The molecule has 0 aromatic rings. The van der Waals surface area contributed by atoms with E-state index >= 15 is 0 Å². The third-order valence-electron chi connectivity index (χ3n) is 7.72. The van der Waals surface area contributed by atoms with Gasteiger partial charge in [0.15, 0.2) is 0 Å². The van der Waals surface area contributed by atoms with Crippen molar-refractivity contribution in [1.29, 1.82) is 0 Å².